The van der Waals surface area contributed by atoms with Crippen molar-refractivity contribution in [2.45, 2.75) is 13.8 Å². The van der Waals surface area contributed by atoms with E-state index in [1.165, 1.54) is 22.5 Å². The Labute approximate surface area is 159 Å². The molecular weight excluding hydrogens is 360 g/mol. The minimum Gasteiger partial charge on any atom is -0.296 e. The maximum Gasteiger partial charge on any atom is 0.277 e. The third-order valence-electron chi connectivity index (χ3n) is 4.18. The summed E-state index contributed by atoms with van der Waals surface area (Å²) in [5.41, 5.74) is 4.53. The fourth-order valence-corrected chi connectivity index (χ4v) is 3.22. The molecule has 1 aromatic carbocycles. The maximum absolute atomic E-state index is 12.4. The van der Waals surface area contributed by atoms with Crippen molar-refractivity contribution in [1.82, 2.24) is 24.7 Å². The molecule has 0 aliphatic heterocycles. The molecule has 7 nitrogen and oxygen atoms in total. The second-order valence-corrected chi connectivity index (χ2v) is 6.90. The minimum atomic E-state index is -0.347. The number of rotatable bonds is 4. The second kappa shape index (κ2) is 7.08. The summed E-state index contributed by atoms with van der Waals surface area (Å²) in [5.74, 6) is 0.246. The quantitative estimate of drug-likeness (QED) is 0.587. The van der Waals surface area contributed by atoms with E-state index < -0.39 is 0 Å². The summed E-state index contributed by atoms with van der Waals surface area (Å²) in [6.45, 7) is 4.14. The van der Waals surface area contributed by atoms with Gasteiger partial charge in [0.05, 0.1) is 5.69 Å². The van der Waals surface area contributed by atoms with Gasteiger partial charge in [0.1, 0.15) is 6.33 Å². The fourth-order valence-electron chi connectivity index (χ4n) is 2.50. The number of imidazole rings is 1. The third-order valence-corrected chi connectivity index (χ3v) is 4.94. The van der Waals surface area contributed by atoms with Crippen molar-refractivity contribution in [2.75, 3.05) is 5.32 Å². The van der Waals surface area contributed by atoms with Crippen LogP contribution >= 0.6 is 11.3 Å². The lowest BCUT2D eigenvalue weighted by Gasteiger charge is -2.03. The van der Waals surface area contributed by atoms with Crippen LogP contribution in [0.5, 0.6) is 0 Å². The lowest BCUT2D eigenvalue weighted by Crippen LogP contribution is -2.14. The molecule has 8 heteroatoms. The van der Waals surface area contributed by atoms with E-state index in [1.807, 2.05) is 11.4 Å². The fraction of sp³-hybridized carbons (Fsp3) is 0.105. The molecule has 4 aromatic rings. The van der Waals surface area contributed by atoms with E-state index in [1.54, 1.807) is 35.4 Å². The van der Waals surface area contributed by atoms with Crippen molar-refractivity contribution in [3.63, 3.8) is 0 Å². The Morgan fingerprint density at radius 3 is 2.70 bits per heavy atom. The normalized spacial score (nSPS) is 10.7. The van der Waals surface area contributed by atoms with Crippen molar-refractivity contribution in [2.24, 2.45) is 0 Å². The highest BCUT2D eigenvalue weighted by molar-refractivity contribution is 7.14. The van der Waals surface area contributed by atoms with Crippen LogP contribution in [0.1, 0.15) is 21.6 Å². The molecule has 1 amide bonds. The number of amides is 1. The molecule has 0 fully saturated rings. The predicted molar refractivity (Wildman–Crippen MR) is 104 cm³/mol. The van der Waals surface area contributed by atoms with Crippen LogP contribution in [0, 0.1) is 13.8 Å². The van der Waals surface area contributed by atoms with Crippen LogP contribution < -0.4 is 5.32 Å². The Balaban J connectivity index is 1.48. The van der Waals surface area contributed by atoms with Gasteiger partial charge in [-0.2, -0.15) is 0 Å². The average molecular weight is 376 g/mol. The van der Waals surface area contributed by atoms with Gasteiger partial charge in [0.15, 0.2) is 16.6 Å². The molecule has 0 aliphatic carbocycles. The van der Waals surface area contributed by atoms with Gasteiger partial charge in [-0.1, -0.05) is 12.1 Å². The highest BCUT2D eigenvalue weighted by Crippen LogP contribution is 2.26. The number of carbonyl (C=O) groups excluding carboxylic acids is 1. The molecule has 0 unspecified atom stereocenters. The Morgan fingerprint density at radius 2 is 2.00 bits per heavy atom. The largest absolute Gasteiger partial charge is 0.296 e. The number of carbonyl (C=O) groups is 1. The van der Waals surface area contributed by atoms with Crippen molar-refractivity contribution < 1.29 is 4.79 Å². The topological polar surface area (TPSA) is 85.6 Å². The Bertz CT molecular complexity index is 1090. The highest BCUT2D eigenvalue weighted by Gasteiger charge is 2.12. The predicted octanol–water partition coefficient (Wildman–Crippen LogP) is 3.65. The maximum atomic E-state index is 12.4. The van der Waals surface area contributed by atoms with E-state index in [9.17, 15) is 4.79 Å². The number of nitrogens with zero attached hydrogens (tertiary/aromatic N) is 5. The molecule has 0 bridgehead atoms. The van der Waals surface area contributed by atoms with E-state index in [4.69, 9.17) is 0 Å². The summed E-state index contributed by atoms with van der Waals surface area (Å²) in [4.78, 5) is 20.8. The molecular formula is C19H16N6OS. The number of aromatic nitrogens is 5. The Kier molecular flexibility index (Phi) is 4.47. The monoisotopic (exact) mass is 376 g/mol. The first-order valence-corrected chi connectivity index (χ1v) is 9.15. The van der Waals surface area contributed by atoms with Gasteiger partial charge in [-0.3, -0.25) is 14.7 Å². The van der Waals surface area contributed by atoms with E-state index in [0.29, 0.717) is 10.9 Å². The molecule has 0 saturated heterocycles. The molecule has 3 aromatic heterocycles. The molecule has 0 spiro atoms. The summed E-state index contributed by atoms with van der Waals surface area (Å²) in [5, 5.41) is 13.3. The van der Waals surface area contributed by atoms with Crippen molar-refractivity contribution in [3.8, 4) is 17.1 Å². The molecule has 3 heterocycles. The zero-order chi connectivity index (χ0) is 18.8. The summed E-state index contributed by atoms with van der Waals surface area (Å²) in [6, 6.07) is 9.53. The Hall–Kier alpha value is -3.39. The molecule has 134 valence electrons. The molecule has 27 heavy (non-hydrogen) atoms. The molecule has 0 radical (unpaired) electrons. The standard InChI is InChI=1S/C19H16N6OS/c1-12-3-4-14(9-13(12)2)16-10-27-19(21-16)22-18(26)15-5-6-17(24-23-15)25-8-7-20-11-25/h3-11H,1-2H3,(H,21,22,26). The number of aryl methyl sites for hydroxylation is 2. The van der Waals surface area contributed by atoms with Crippen molar-refractivity contribution >= 4 is 22.4 Å². The molecule has 0 aliphatic rings. The first kappa shape index (κ1) is 17.0. The number of hydrogen-bond donors (Lipinski definition) is 1. The smallest absolute Gasteiger partial charge is 0.277 e. The van der Waals surface area contributed by atoms with Crippen LogP contribution in [0.3, 0.4) is 0 Å². The van der Waals surface area contributed by atoms with Gasteiger partial charge >= 0.3 is 0 Å². The summed E-state index contributed by atoms with van der Waals surface area (Å²) in [7, 11) is 0. The van der Waals surface area contributed by atoms with Crippen molar-refractivity contribution in [3.05, 3.63) is 71.3 Å². The van der Waals surface area contributed by atoms with Crippen LogP contribution in [0.4, 0.5) is 5.13 Å². The van der Waals surface area contributed by atoms with Crippen LogP contribution in [0.2, 0.25) is 0 Å². The van der Waals surface area contributed by atoms with Crippen LogP contribution in [0.25, 0.3) is 17.1 Å². The number of nitrogens with one attached hydrogen (secondary N) is 1. The molecule has 1 N–H and O–H groups in total. The van der Waals surface area contributed by atoms with E-state index >= 15 is 0 Å². The summed E-state index contributed by atoms with van der Waals surface area (Å²) in [6.07, 6.45) is 5.03. The number of anilines is 1. The Morgan fingerprint density at radius 1 is 1.11 bits per heavy atom. The van der Waals surface area contributed by atoms with Gasteiger partial charge < -0.3 is 0 Å². The zero-order valence-corrected chi connectivity index (χ0v) is 15.6. The summed E-state index contributed by atoms with van der Waals surface area (Å²) < 4.78 is 1.71. The van der Waals surface area contributed by atoms with Gasteiger partial charge in [0.2, 0.25) is 0 Å². The summed E-state index contributed by atoms with van der Waals surface area (Å²) >= 11 is 1.37. The molecule has 0 atom stereocenters. The first-order valence-electron chi connectivity index (χ1n) is 8.27. The third kappa shape index (κ3) is 3.61. The lowest BCUT2D eigenvalue weighted by molar-refractivity contribution is 0.102. The number of hydrogen-bond acceptors (Lipinski definition) is 6. The number of benzene rings is 1. The zero-order valence-electron chi connectivity index (χ0n) is 14.7. The highest BCUT2D eigenvalue weighted by atomic mass is 32.1. The average Bonchev–Trinajstić information content (AvgIpc) is 3.36. The first-order chi connectivity index (χ1) is 13.1. The SMILES string of the molecule is Cc1ccc(-c2csc(NC(=O)c3ccc(-n4ccnc4)nn3)n2)cc1C. The van der Waals surface area contributed by atoms with Gasteiger partial charge in [-0.15, -0.1) is 21.5 Å². The minimum absolute atomic E-state index is 0.224. The molecule has 4 rings (SSSR count). The second-order valence-electron chi connectivity index (χ2n) is 6.04. The van der Waals surface area contributed by atoms with Gasteiger partial charge in [0.25, 0.3) is 5.91 Å². The van der Waals surface area contributed by atoms with Gasteiger partial charge in [0, 0.05) is 23.3 Å². The van der Waals surface area contributed by atoms with Crippen LogP contribution in [-0.4, -0.2) is 30.6 Å². The van der Waals surface area contributed by atoms with Gasteiger partial charge in [-0.25, -0.2) is 9.97 Å². The lowest BCUT2D eigenvalue weighted by atomic mass is 10.1. The van der Waals surface area contributed by atoms with Crippen LogP contribution in [-0.2, 0) is 0 Å². The van der Waals surface area contributed by atoms with Crippen LogP contribution in [0.15, 0.2) is 54.4 Å². The van der Waals surface area contributed by atoms with E-state index in [2.05, 4.69) is 51.5 Å². The van der Waals surface area contributed by atoms with Gasteiger partial charge in [-0.05, 0) is 43.2 Å². The van der Waals surface area contributed by atoms with E-state index in [-0.39, 0.29) is 11.6 Å². The van der Waals surface area contributed by atoms with Crippen molar-refractivity contribution in [1.29, 1.82) is 0 Å². The number of thiazole rings is 1. The molecule has 0 saturated carbocycles. The van der Waals surface area contributed by atoms with E-state index in [0.717, 1.165) is 11.3 Å².